The van der Waals surface area contributed by atoms with Gasteiger partial charge in [-0.15, -0.1) is 0 Å². The molecule has 0 heterocycles. The van der Waals surface area contributed by atoms with Crippen LogP contribution in [-0.4, -0.2) is 32.4 Å². The molecule has 4 N–H and O–H groups in total. The highest BCUT2D eigenvalue weighted by Gasteiger charge is 2.22. The maximum absolute atomic E-state index is 11.3. The molecule has 0 aliphatic carbocycles. The van der Waals surface area contributed by atoms with E-state index in [-0.39, 0.29) is 22.6 Å². The van der Waals surface area contributed by atoms with Crippen LogP contribution in [0.25, 0.3) is 11.1 Å². The van der Waals surface area contributed by atoms with Gasteiger partial charge in [-0.05, 0) is 24.3 Å². The second-order valence-corrected chi connectivity index (χ2v) is 4.04. The molecule has 6 heteroatoms. The van der Waals surface area contributed by atoms with E-state index < -0.39 is 23.1 Å². The van der Waals surface area contributed by atoms with Crippen LogP contribution in [0.2, 0.25) is 0 Å². The number of phenols is 2. The van der Waals surface area contributed by atoms with Crippen LogP contribution in [0.15, 0.2) is 36.4 Å². The first kappa shape index (κ1) is 13.4. The first-order chi connectivity index (χ1) is 9.41. The summed E-state index contributed by atoms with van der Waals surface area (Å²) in [5.41, 5.74) is -0.769. The van der Waals surface area contributed by atoms with Crippen LogP contribution >= 0.6 is 0 Å². The third-order valence-electron chi connectivity index (χ3n) is 2.78. The number of carboxylic acids is 2. The molecule has 0 aliphatic rings. The zero-order valence-electron chi connectivity index (χ0n) is 10.1. The molecule has 2 rings (SSSR count). The van der Waals surface area contributed by atoms with Crippen molar-refractivity contribution in [1.29, 1.82) is 0 Å². The molecular weight excluding hydrogens is 264 g/mol. The summed E-state index contributed by atoms with van der Waals surface area (Å²) in [6.07, 6.45) is 0. The van der Waals surface area contributed by atoms with Crippen LogP contribution in [0.4, 0.5) is 0 Å². The monoisotopic (exact) mass is 274 g/mol. The summed E-state index contributed by atoms with van der Waals surface area (Å²) in [7, 11) is 0. The molecular formula is C14H10O6. The molecule has 102 valence electrons. The summed E-state index contributed by atoms with van der Waals surface area (Å²) >= 11 is 0. The number of phenolic OH excluding ortho intramolecular Hbond substituents is 2. The molecule has 0 saturated carbocycles. The molecule has 0 bridgehead atoms. The van der Waals surface area contributed by atoms with E-state index in [0.717, 1.165) is 6.07 Å². The molecule has 0 atom stereocenters. The van der Waals surface area contributed by atoms with Gasteiger partial charge < -0.3 is 20.4 Å². The van der Waals surface area contributed by atoms with E-state index >= 15 is 0 Å². The van der Waals surface area contributed by atoms with Gasteiger partial charge in [0, 0.05) is 11.1 Å². The van der Waals surface area contributed by atoms with Crippen molar-refractivity contribution in [1.82, 2.24) is 0 Å². The highest BCUT2D eigenvalue weighted by molar-refractivity contribution is 6.07. The van der Waals surface area contributed by atoms with E-state index in [1.54, 1.807) is 0 Å². The third kappa shape index (κ3) is 2.26. The molecule has 0 saturated heterocycles. The van der Waals surface area contributed by atoms with E-state index in [1.165, 1.54) is 30.3 Å². The zero-order valence-corrected chi connectivity index (χ0v) is 10.1. The van der Waals surface area contributed by atoms with Crippen molar-refractivity contribution in [3.8, 4) is 22.6 Å². The van der Waals surface area contributed by atoms with Gasteiger partial charge in [0.05, 0.1) is 11.1 Å². The Balaban J connectivity index is 2.80. The largest absolute Gasteiger partial charge is 0.508 e. The Hall–Kier alpha value is -3.02. The number of aromatic hydroxyl groups is 2. The minimum atomic E-state index is -1.43. The third-order valence-corrected chi connectivity index (χ3v) is 2.78. The molecule has 0 fully saturated rings. The molecule has 0 spiro atoms. The van der Waals surface area contributed by atoms with Gasteiger partial charge in [0.15, 0.2) is 0 Å². The molecule has 6 nitrogen and oxygen atoms in total. The topological polar surface area (TPSA) is 115 Å². The van der Waals surface area contributed by atoms with Crippen molar-refractivity contribution in [3.63, 3.8) is 0 Å². The molecule has 0 amide bonds. The molecule has 20 heavy (non-hydrogen) atoms. The first-order valence-electron chi connectivity index (χ1n) is 5.53. The normalized spacial score (nSPS) is 10.2. The van der Waals surface area contributed by atoms with E-state index in [9.17, 15) is 24.9 Å². The van der Waals surface area contributed by atoms with E-state index in [2.05, 4.69) is 0 Å². The molecule has 2 aromatic rings. The number of carboxylic acid groups (broad SMARTS) is 2. The lowest BCUT2D eigenvalue weighted by molar-refractivity contribution is 0.0652. The fourth-order valence-electron chi connectivity index (χ4n) is 1.93. The van der Waals surface area contributed by atoms with Gasteiger partial charge in [-0.25, -0.2) is 9.59 Å². The van der Waals surface area contributed by atoms with Crippen molar-refractivity contribution in [2.45, 2.75) is 0 Å². The number of hydrogen-bond acceptors (Lipinski definition) is 4. The average molecular weight is 274 g/mol. The predicted octanol–water partition coefficient (Wildman–Crippen LogP) is 2.16. The van der Waals surface area contributed by atoms with E-state index in [4.69, 9.17) is 5.11 Å². The van der Waals surface area contributed by atoms with Crippen LogP contribution in [0.3, 0.4) is 0 Å². The van der Waals surface area contributed by atoms with Crippen LogP contribution in [0.5, 0.6) is 11.5 Å². The van der Waals surface area contributed by atoms with Crippen LogP contribution in [-0.2, 0) is 0 Å². The van der Waals surface area contributed by atoms with Gasteiger partial charge >= 0.3 is 11.9 Å². The zero-order chi connectivity index (χ0) is 14.9. The van der Waals surface area contributed by atoms with Crippen molar-refractivity contribution in [3.05, 3.63) is 47.5 Å². The van der Waals surface area contributed by atoms with Crippen LogP contribution in [0.1, 0.15) is 20.7 Å². The van der Waals surface area contributed by atoms with Crippen molar-refractivity contribution in [2.24, 2.45) is 0 Å². The lowest BCUT2D eigenvalue weighted by Gasteiger charge is -2.11. The fourth-order valence-corrected chi connectivity index (χ4v) is 1.93. The first-order valence-corrected chi connectivity index (χ1v) is 5.53. The SMILES string of the molecule is O=C(O)c1cccc(-c2cc(O)ccc2O)c1C(=O)O. The second-order valence-electron chi connectivity index (χ2n) is 4.04. The van der Waals surface area contributed by atoms with Gasteiger partial charge in [0.1, 0.15) is 11.5 Å². The second kappa shape index (κ2) is 4.93. The number of hydrogen-bond donors (Lipinski definition) is 4. The highest BCUT2D eigenvalue weighted by atomic mass is 16.4. The van der Waals surface area contributed by atoms with Crippen molar-refractivity contribution < 1.29 is 30.0 Å². The van der Waals surface area contributed by atoms with Gasteiger partial charge in [-0.2, -0.15) is 0 Å². The summed E-state index contributed by atoms with van der Waals surface area (Å²) in [4.78, 5) is 22.4. The van der Waals surface area contributed by atoms with Crippen LogP contribution in [0, 0.1) is 0 Å². The quantitative estimate of drug-likeness (QED) is 0.637. The summed E-state index contributed by atoms with van der Waals surface area (Å²) in [5.74, 6) is -3.24. The number of carbonyl (C=O) groups is 2. The van der Waals surface area contributed by atoms with Gasteiger partial charge in [0.25, 0.3) is 0 Å². The molecule has 0 radical (unpaired) electrons. The number of benzene rings is 2. The molecule has 2 aromatic carbocycles. The Labute approximate surface area is 113 Å². The lowest BCUT2D eigenvalue weighted by atomic mass is 9.94. The van der Waals surface area contributed by atoms with Crippen molar-refractivity contribution in [2.75, 3.05) is 0 Å². The average Bonchev–Trinajstić information content (AvgIpc) is 2.40. The van der Waals surface area contributed by atoms with Crippen molar-refractivity contribution >= 4 is 11.9 Å². The highest BCUT2D eigenvalue weighted by Crippen LogP contribution is 2.35. The van der Waals surface area contributed by atoms with Gasteiger partial charge in [-0.1, -0.05) is 12.1 Å². The molecule has 0 aliphatic heterocycles. The summed E-state index contributed by atoms with van der Waals surface area (Å²) in [6.45, 7) is 0. The number of aromatic carboxylic acids is 2. The minimum Gasteiger partial charge on any atom is -0.508 e. The Morgan fingerprint density at radius 3 is 2.15 bits per heavy atom. The van der Waals surface area contributed by atoms with E-state index in [0.29, 0.717) is 0 Å². The van der Waals surface area contributed by atoms with Crippen LogP contribution < -0.4 is 0 Å². The maximum atomic E-state index is 11.3. The maximum Gasteiger partial charge on any atom is 0.337 e. The van der Waals surface area contributed by atoms with E-state index in [1.807, 2.05) is 0 Å². The van der Waals surface area contributed by atoms with Gasteiger partial charge in [-0.3, -0.25) is 0 Å². The summed E-state index contributed by atoms with van der Waals surface area (Å²) in [6, 6.07) is 7.50. The number of rotatable bonds is 3. The lowest BCUT2D eigenvalue weighted by Crippen LogP contribution is -2.09. The minimum absolute atomic E-state index is 0.0193. The summed E-state index contributed by atoms with van der Waals surface area (Å²) in [5, 5.41) is 37.4. The Bertz CT molecular complexity index is 705. The smallest absolute Gasteiger partial charge is 0.337 e. The molecule has 0 unspecified atom stereocenters. The van der Waals surface area contributed by atoms with Gasteiger partial charge in [0.2, 0.25) is 0 Å². The Morgan fingerprint density at radius 2 is 1.55 bits per heavy atom. The standard InChI is InChI=1S/C14H10O6/c15-7-4-5-11(16)10(6-7)8-2-1-3-9(13(17)18)12(8)14(19)20/h1-6,15-16H,(H,17,18)(H,19,20). The Kier molecular flexibility index (Phi) is 3.30. The summed E-state index contributed by atoms with van der Waals surface area (Å²) < 4.78 is 0. The Morgan fingerprint density at radius 1 is 0.850 bits per heavy atom. The predicted molar refractivity (Wildman–Crippen MR) is 69.1 cm³/mol. The fraction of sp³-hybridized carbons (Fsp3) is 0. The molecule has 0 aromatic heterocycles.